The summed E-state index contributed by atoms with van der Waals surface area (Å²) in [5.41, 5.74) is 4.09. The highest BCUT2D eigenvalue weighted by Crippen LogP contribution is 2.34. The highest BCUT2D eigenvalue weighted by atomic mass is 127. The topological polar surface area (TPSA) is 30.8 Å². The van der Waals surface area contributed by atoms with Crippen LogP contribution in [0.5, 0.6) is 11.5 Å². The van der Waals surface area contributed by atoms with Gasteiger partial charge in [-0.15, -0.1) is 0 Å². The zero-order chi connectivity index (χ0) is 19.2. The number of aryl methyl sites for hydroxylation is 1. The SMILES string of the molecule is COc1cc(C=Nc2ccccc2C)cc(I)c1OCc1ccc(Cl)cc1. The zero-order valence-electron chi connectivity index (χ0n) is 15.1. The quantitative estimate of drug-likeness (QED) is 0.288. The van der Waals surface area contributed by atoms with Gasteiger partial charge in [-0.1, -0.05) is 41.9 Å². The Labute approximate surface area is 178 Å². The monoisotopic (exact) mass is 491 g/mol. The van der Waals surface area contributed by atoms with Crippen molar-refractivity contribution in [1.29, 1.82) is 0 Å². The molecule has 0 bridgehead atoms. The van der Waals surface area contributed by atoms with Crippen LogP contribution in [0.25, 0.3) is 0 Å². The summed E-state index contributed by atoms with van der Waals surface area (Å²) < 4.78 is 12.5. The number of rotatable bonds is 6. The van der Waals surface area contributed by atoms with Crippen molar-refractivity contribution in [1.82, 2.24) is 0 Å². The Morgan fingerprint density at radius 2 is 1.81 bits per heavy atom. The van der Waals surface area contributed by atoms with Crippen LogP contribution in [0.3, 0.4) is 0 Å². The molecule has 0 heterocycles. The predicted octanol–water partition coefficient (Wildman–Crippen LogP) is 6.59. The number of hydrogen-bond acceptors (Lipinski definition) is 3. The molecular formula is C22H19ClINO2. The van der Waals surface area contributed by atoms with Crippen LogP contribution in [0.15, 0.2) is 65.7 Å². The van der Waals surface area contributed by atoms with E-state index in [0.29, 0.717) is 17.4 Å². The third-order valence-electron chi connectivity index (χ3n) is 4.02. The van der Waals surface area contributed by atoms with E-state index >= 15 is 0 Å². The summed E-state index contributed by atoms with van der Waals surface area (Å²) in [6.45, 7) is 2.49. The molecule has 138 valence electrons. The van der Waals surface area contributed by atoms with Gasteiger partial charge in [0, 0.05) is 11.2 Å². The third-order valence-corrected chi connectivity index (χ3v) is 5.07. The van der Waals surface area contributed by atoms with Crippen molar-refractivity contribution in [2.24, 2.45) is 4.99 Å². The van der Waals surface area contributed by atoms with Gasteiger partial charge in [0.25, 0.3) is 0 Å². The van der Waals surface area contributed by atoms with Crippen molar-refractivity contribution >= 4 is 46.1 Å². The molecule has 0 aliphatic carbocycles. The largest absolute Gasteiger partial charge is 0.493 e. The fourth-order valence-corrected chi connectivity index (χ4v) is 3.45. The first-order valence-electron chi connectivity index (χ1n) is 8.41. The van der Waals surface area contributed by atoms with Gasteiger partial charge in [-0.3, -0.25) is 4.99 Å². The number of methoxy groups -OCH3 is 1. The van der Waals surface area contributed by atoms with E-state index in [0.717, 1.165) is 31.7 Å². The van der Waals surface area contributed by atoms with Gasteiger partial charge < -0.3 is 9.47 Å². The van der Waals surface area contributed by atoms with Gasteiger partial charge in [0.2, 0.25) is 0 Å². The number of hydrogen-bond donors (Lipinski definition) is 0. The standard InChI is InChI=1S/C22H19ClINO2/c1-15-5-3-4-6-20(15)25-13-17-11-19(24)22(21(12-17)26-2)27-14-16-7-9-18(23)10-8-16/h3-13H,14H2,1-2H3. The number of aliphatic imine (C=N–C) groups is 1. The van der Waals surface area contributed by atoms with Gasteiger partial charge in [-0.05, 0) is 76.5 Å². The molecule has 0 aromatic heterocycles. The zero-order valence-corrected chi connectivity index (χ0v) is 18.0. The van der Waals surface area contributed by atoms with Crippen LogP contribution in [-0.2, 0) is 6.61 Å². The molecule has 0 spiro atoms. The maximum Gasteiger partial charge on any atom is 0.174 e. The summed E-state index contributed by atoms with van der Waals surface area (Å²) in [7, 11) is 1.64. The van der Waals surface area contributed by atoms with Gasteiger partial charge >= 0.3 is 0 Å². The lowest BCUT2D eigenvalue weighted by Gasteiger charge is -2.13. The summed E-state index contributed by atoms with van der Waals surface area (Å²) in [5.74, 6) is 1.41. The highest BCUT2D eigenvalue weighted by Gasteiger charge is 2.11. The van der Waals surface area contributed by atoms with Gasteiger partial charge in [0.1, 0.15) is 6.61 Å². The molecule has 0 unspecified atom stereocenters. The van der Waals surface area contributed by atoms with Crippen LogP contribution >= 0.6 is 34.2 Å². The normalized spacial score (nSPS) is 11.0. The van der Waals surface area contributed by atoms with E-state index in [9.17, 15) is 0 Å². The molecule has 0 atom stereocenters. The lowest BCUT2D eigenvalue weighted by Crippen LogP contribution is -2.00. The molecular weight excluding hydrogens is 473 g/mol. The number of benzene rings is 3. The molecule has 3 rings (SSSR count). The van der Waals surface area contributed by atoms with Crippen LogP contribution in [0.4, 0.5) is 5.69 Å². The first-order chi connectivity index (χ1) is 13.1. The molecule has 0 saturated heterocycles. The van der Waals surface area contributed by atoms with Crippen LogP contribution < -0.4 is 9.47 Å². The maximum atomic E-state index is 6.00. The van der Waals surface area contributed by atoms with Crippen molar-refractivity contribution in [2.45, 2.75) is 13.5 Å². The number of ether oxygens (including phenoxy) is 2. The van der Waals surface area contributed by atoms with Crippen LogP contribution in [-0.4, -0.2) is 13.3 Å². The van der Waals surface area contributed by atoms with Crippen LogP contribution in [0.1, 0.15) is 16.7 Å². The third kappa shape index (κ3) is 5.23. The Morgan fingerprint density at radius 3 is 2.52 bits per heavy atom. The van der Waals surface area contributed by atoms with Crippen molar-refractivity contribution < 1.29 is 9.47 Å². The molecule has 27 heavy (non-hydrogen) atoms. The second kappa shape index (κ2) is 9.24. The first kappa shape index (κ1) is 19.7. The molecule has 3 aromatic carbocycles. The fraction of sp³-hybridized carbons (Fsp3) is 0.136. The van der Waals surface area contributed by atoms with Crippen molar-refractivity contribution in [3.8, 4) is 11.5 Å². The Bertz CT molecular complexity index is 955. The summed E-state index contributed by atoms with van der Waals surface area (Å²) >= 11 is 8.18. The highest BCUT2D eigenvalue weighted by molar-refractivity contribution is 14.1. The average Bonchev–Trinajstić information content (AvgIpc) is 2.67. The Hall–Kier alpha value is -2.05. The Balaban J connectivity index is 1.80. The summed E-state index contributed by atoms with van der Waals surface area (Å²) in [6.07, 6.45) is 1.84. The average molecular weight is 492 g/mol. The molecule has 0 radical (unpaired) electrons. The number of nitrogens with zero attached hydrogens (tertiary/aromatic N) is 1. The van der Waals surface area contributed by atoms with Gasteiger partial charge in [-0.25, -0.2) is 0 Å². The molecule has 3 aromatic rings. The van der Waals surface area contributed by atoms with E-state index in [1.165, 1.54) is 0 Å². The smallest absolute Gasteiger partial charge is 0.174 e. The van der Waals surface area contributed by atoms with Gasteiger partial charge in [0.05, 0.1) is 16.4 Å². The molecule has 0 amide bonds. The fourth-order valence-electron chi connectivity index (χ4n) is 2.54. The minimum atomic E-state index is 0.445. The Kier molecular flexibility index (Phi) is 6.74. The van der Waals surface area contributed by atoms with Crippen molar-refractivity contribution in [3.63, 3.8) is 0 Å². The van der Waals surface area contributed by atoms with Gasteiger partial charge in [0.15, 0.2) is 11.5 Å². The van der Waals surface area contributed by atoms with Crippen molar-refractivity contribution in [3.05, 3.63) is 85.9 Å². The van der Waals surface area contributed by atoms with Gasteiger partial charge in [-0.2, -0.15) is 0 Å². The molecule has 0 N–H and O–H groups in total. The van der Waals surface area contributed by atoms with Crippen LogP contribution in [0.2, 0.25) is 5.02 Å². The molecule has 0 fully saturated rings. The molecule has 3 nitrogen and oxygen atoms in total. The predicted molar refractivity (Wildman–Crippen MR) is 120 cm³/mol. The maximum absolute atomic E-state index is 6.00. The number of halogens is 2. The molecule has 0 aliphatic heterocycles. The Morgan fingerprint density at radius 1 is 1.07 bits per heavy atom. The second-order valence-corrected chi connectivity index (χ2v) is 7.59. The lowest BCUT2D eigenvalue weighted by atomic mass is 10.2. The summed E-state index contributed by atoms with van der Waals surface area (Å²) in [5, 5.41) is 0.711. The van der Waals surface area contributed by atoms with E-state index in [1.54, 1.807) is 7.11 Å². The molecule has 0 saturated carbocycles. The summed E-state index contributed by atoms with van der Waals surface area (Å²) in [6, 6.07) is 19.6. The van der Waals surface area contributed by atoms with E-state index in [-0.39, 0.29) is 0 Å². The first-order valence-corrected chi connectivity index (χ1v) is 9.87. The number of para-hydroxylation sites is 1. The lowest BCUT2D eigenvalue weighted by molar-refractivity contribution is 0.282. The molecule has 5 heteroatoms. The minimum absolute atomic E-state index is 0.445. The minimum Gasteiger partial charge on any atom is -0.493 e. The van der Waals surface area contributed by atoms with Crippen molar-refractivity contribution in [2.75, 3.05) is 7.11 Å². The summed E-state index contributed by atoms with van der Waals surface area (Å²) in [4.78, 5) is 4.59. The van der Waals surface area contributed by atoms with E-state index in [2.05, 4.69) is 27.6 Å². The molecule has 0 aliphatic rings. The van der Waals surface area contributed by atoms with E-state index in [1.807, 2.05) is 73.8 Å². The second-order valence-electron chi connectivity index (χ2n) is 5.99. The van der Waals surface area contributed by atoms with Crippen LogP contribution in [0, 0.1) is 10.5 Å². The van der Waals surface area contributed by atoms with E-state index < -0.39 is 0 Å². The van der Waals surface area contributed by atoms with E-state index in [4.69, 9.17) is 21.1 Å².